The molecule has 2 aromatic rings. The fourth-order valence-electron chi connectivity index (χ4n) is 2.57. The van der Waals surface area contributed by atoms with Gasteiger partial charge in [0.2, 0.25) is 0 Å². The summed E-state index contributed by atoms with van der Waals surface area (Å²) in [6.07, 6.45) is 6.97. The number of aromatic nitrogens is 2. The first kappa shape index (κ1) is 13.5. The predicted octanol–water partition coefficient (Wildman–Crippen LogP) is 2.94. The number of rotatable bonds is 3. The zero-order valence-electron chi connectivity index (χ0n) is 12.1. The molecule has 106 valence electrons. The number of primary amides is 1. The Morgan fingerprint density at radius 1 is 1.33 bits per heavy atom. The maximum atomic E-state index is 11.3. The van der Waals surface area contributed by atoms with Crippen molar-refractivity contribution in [1.29, 1.82) is 0 Å². The Kier molecular flexibility index (Phi) is 3.29. The van der Waals surface area contributed by atoms with Gasteiger partial charge in [-0.1, -0.05) is 32.1 Å². The van der Waals surface area contributed by atoms with E-state index in [2.05, 4.69) is 42.0 Å². The second-order valence-corrected chi connectivity index (χ2v) is 5.51. The first-order valence-corrected chi connectivity index (χ1v) is 7.03. The number of nitrogens with two attached hydrogens (primary N) is 1. The molecule has 0 unspecified atom stereocenters. The van der Waals surface area contributed by atoms with E-state index in [1.54, 1.807) is 6.07 Å². The minimum atomic E-state index is -0.501. The first-order valence-electron chi connectivity index (χ1n) is 7.03. The molecule has 0 atom stereocenters. The predicted molar refractivity (Wildman–Crippen MR) is 82.8 cm³/mol. The average Bonchev–Trinajstić information content (AvgIpc) is 2.93. The molecule has 1 amide bonds. The highest BCUT2D eigenvalue weighted by Crippen LogP contribution is 2.30. The van der Waals surface area contributed by atoms with Crippen molar-refractivity contribution in [2.45, 2.75) is 26.2 Å². The Labute approximate surface area is 123 Å². The van der Waals surface area contributed by atoms with Gasteiger partial charge in [-0.25, -0.2) is 4.98 Å². The summed E-state index contributed by atoms with van der Waals surface area (Å²) >= 11 is 0. The van der Waals surface area contributed by atoms with E-state index in [0.29, 0.717) is 5.69 Å². The molecular formula is C17H17N3O. The van der Waals surface area contributed by atoms with Gasteiger partial charge in [-0.05, 0) is 23.6 Å². The van der Waals surface area contributed by atoms with Crippen LogP contribution in [0.1, 0.15) is 47.2 Å². The molecule has 0 aliphatic heterocycles. The molecule has 4 heteroatoms. The number of amides is 1. The van der Waals surface area contributed by atoms with Crippen molar-refractivity contribution in [2.24, 2.45) is 5.73 Å². The Bertz CT molecular complexity index is 748. The molecule has 0 aromatic carbocycles. The number of hydrogen-bond donors (Lipinski definition) is 1. The molecule has 3 rings (SSSR count). The average molecular weight is 279 g/mol. The Morgan fingerprint density at radius 3 is 2.86 bits per heavy atom. The summed E-state index contributed by atoms with van der Waals surface area (Å²) in [4.78, 5) is 20.2. The fraction of sp³-hybridized carbons (Fsp3) is 0.235. The smallest absolute Gasteiger partial charge is 0.267 e. The van der Waals surface area contributed by atoms with Crippen LogP contribution in [-0.2, 0) is 6.42 Å². The van der Waals surface area contributed by atoms with E-state index in [1.807, 2.05) is 12.3 Å². The van der Waals surface area contributed by atoms with Gasteiger partial charge in [0, 0.05) is 23.7 Å². The van der Waals surface area contributed by atoms with Gasteiger partial charge in [0.15, 0.2) is 0 Å². The van der Waals surface area contributed by atoms with E-state index in [-0.39, 0.29) is 5.92 Å². The molecule has 2 heterocycles. The quantitative estimate of drug-likeness (QED) is 0.939. The Morgan fingerprint density at radius 2 is 2.14 bits per heavy atom. The molecular weight excluding hydrogens is 262 g/mol. The van der Waals surface area contributed by atoms with E-state index in [1.165, 1.54) is 0 Å². The number of pyridine rings is 2. The summed E-state index contributed by atoms with van der Waals surface area (Å²) in [5.41, 5.74) is 10.8. The highest BCUT2D eigenvalue weighted by molar-refractivity contribution is 5.91. The summed E-state index contributed by atoms with van der Waals surface area (Å²) in [6.45, 7) is 4.11. The van der Waals surface area contributed by atoms with Gasteiger partial charge < -0.3 is 5.73 Å². The van der Waals surface area contributed by atoms with E-state index >= 15 is 0 Å². The minimum Gasteiger partial charge on any atom is -0.364 e. The molecule has 0 spiro atoms. The number of hydrogen-bond acceptors (Lipinski definition) is 3. The van der Waals surface area contributed by atoms with Gasteiger partial charge in [0.1, 0.15) is 5.69 Å². The van der Waals surface area contributed by atoms with Gasteiger partial charge in [0.25, 0.3) is 5.91 Å². The molecule has 0 saturated carbocycles. The van der Waals surface area contributed by atoms with Gasteiger partial charge in [-0.15, -0.1) is 0 Å². The van der Waals surface area contributed by atoms with Gasteiger partial charge in [0.05, 0.1) is 11.4 Å². The van der Waals surface area contributed by atoms with Gasteiger partial charge in [-0.2, -0.15) is 0 Å². The lowest BCUT2D eigenvalue weighted by atomic mass is 9.97. The third kappa shape index (κ3) is 2.44. The van der Waals surface area contributed by atoms with Crippen molar-refractivity contribution in [2.75, 3.05) is 0 Å². The van der Waals surface area contributed by atoms with E-state index in [4.69, 9.17) is 5.73 Å². The monoisotopic (exact) mass is 279 g/mol. The van der Waals surface area contributed by atoms with Crippen LogP contribution in [0.25, 0.3) is 17.2 Å². The molecule has 0 fully saturated rings. The van der Waals surface area contributed by atoms with Crippen molar-refractivity contribution in [3.05, 3.63) is 53.1 Å². The largest absolute Gasteiger partial charge is 0.364 e. The van der Waals surface area contributed by atoms with Crippen molar-refractivity contribution >= 4 is 12.0 Å². The van der Waals surface area contributed by atoms with Crippen LogP contribution < -0.4 is 5.73 Å². The van der Waals surface area contributed by atoms with Crippen LogP contribution in [0.2, 0.25) is 0 Å². The second kappa shape index (κ2) is 5.13. The minimum absolute atomic E-state index is 0.197. The molecule has 1 aliphatic carbocycles. The summed E-state index contributed by atoms with van der Waals surface area (Å²) in [5.74, 6) is -0.304. The SMILES string of the molecule is CC(C)c1nc(C(N)=O)ccc1-c1cnc2c(c1)C=CC2. The van der Waals surface area contributed by atoms with Crippen LogP contribution in [0, 0.1) is 0 Å². The maximum Gasteiger partial charge on any atom is 0.267 e. The highest BCUT2D eigenvalue weighted by atomic mass is 16.1. The molecule has 2 aromatic heterocycles. The van der Waals surface area contributed by atoms with E-state index in [0.717, 1.165) is 34.5 Å². The zero-order chi connectivity index (χ0) is 15.0. The van der Waals surface area contributed by atoms with Gasteiger partial charge in [-0.3, -0.25) is 9.78 Å². The molecule has 0 bridgehead atoms. The van der Waals surface area contributed by atoms with E-state index in [9.17, 15) is 4.79 Å². The topological polar surface area (TPSA) is 68.9 Å². The molecule has 0 radical (unpaired) electrons. The van der Waals surface area contributed by atoms with Crippen molar-refractivity contribution < 1.29 is 4.79 Å². The number of carbonyl (C=O) groups excluding carboxylic acids is 1. The van der Waals surface area contributed by atoms with Crippen LogP contribution in [0.3, 0.4) is 0 Å². The van der Waals surface area contributed by atoms with Crippen molar-refractivity contribution in [3.63, 3.8) is 0 Å². The summed E-state index contributed by atoms with van der Waals surface area (Å²) in [5, 5.41) is 0. The van der Waals surface area contributed by atoms with E-state index < -0.39 is 5.91 Å². The van der Waals surface area contributed by atoms with Crippen LogP contribution >= 0.6 is 0 Å². The lowest BCUT2D eigenvalue weighted by Crippen LogP contribution is -2.14. The van der Waals surface area contributed by atoms with Crippen LogP contribution in [-0.4, -0.2) is 15.9 Å². The Hall–Kier alpha value is -2.49. The normalized spacial score (nSPS) is 12.7. The number of allylic oxidation sites excluding steroid dienone is 1. The number of nitrogens with zero attached hydrogens (tertiary/aromatic N) is 2. The van der Waals surface area contributed by atoms with Gasteiger partial charge >= 0.3 is 0 Å². The van der Waals surface area contributed by atoms with Crippen molar-refractivity contribution in [1.82, 2.24) is 9.97 Å². The van der Waals surface area contributed by atoms with Crippen LogP contribution in [0.4, 0.5) is 0 Å². The molecule has 1 aliphatic rings. The first-order chi connectivity index (χ1) is 10.1. The lowest BCUT2D eigenvalue weighted by molar-refractivity contribution is 0.0995. The molecule has 4 nitrogen and oxygen atoms in total. The molecule has 0 saturated heterocycles. The third-order valence-electron chi connectivity index (χ3n) is 3.65. The molecule has 2 N–H and O–H groups in total. The number of carbonyl (C=O) groups is 1. The summed E-state index contributed by atoms with van der Waals surface area (Å²) in [6, 6.07) is 5.70. The third-order valence-corrected chi connectivity index (χ3v) is 3.65. The maximum absolute atomic E-state index is 11.3. The fourth-order valence-corrected chi connectivity index (χ4v) is 2.57. The Balaban J connectivity index is 2.13. The zero-order valence-corrected chi connectivity index (χ0v) is 12.1. The lowest BCUT2D eigenvalue weighted by Gasteiger charge is -2.13. The standard InChI is InChI=1S/C17H17N3O/c1-10(2)16-13(6-7-15(20-16)17(18)21)12-8-11-4-3-5-14(11)19-9-12/h3-4,6-10H,5H2,1-2H3,(H2,18,21). The second-order valence-electron chi connectivity index (χ2n) is 5.51. The van der Waals surface area contributed by atoms with Crippen LogP contribution in [0.15, 0.2) is 30.5 Å². The molecule has 21 heavy (non-hydrogen) atoms. The van der Waals surface area contributed by atoms with Crippen molar-refractivity contribution in [3.8, 4) is 11.1 Å². The summed E-state index contributed by atoms with van der Waals surface area (Å²) < 4.78 is 0. The van der Waals surface area contributed by atoms with Crippen LogP contribution in [0.5, 0.6) is 0 Å². The summed E-state index contributed by atoms with van der Waals surface area (Å²) in [7, 11) is 0. The number of fused-ring (bicyclic) bond motifs is 1. The highest BCUT2D eigenvalue weighted by Gasteiger charge is 2.15.